The zero-order chi connectivity index (χ0) is 45.7. The number of carbonyl (C=O) groups excluding carboxylic acids is 6. The van der Waals surface area contributed by atoms with E-state index in [9.17, 15) is 28.8 Å². The van der Waals surface area contributed by atoms with Crippen LogP contribution in [-0.4, -0.2) is 108 Å². The molecule has 1 unspecified atom stereocenters. The van der Waals surface area contributed by atoms with E-state index < -0.39 is 59.8 Å². The molecule has 5 aliphatic rings. The number of nitrogens with one attached hydrogen (secondary N) is 3. The fourth-order valence-corrected chi connectivity index (χ4v) is 9.20. The summed E-state index contributed by atoms with van der Waals surface area (Å²) >= 11 is 0. The number of hydrogen-bond acceptors (Lipinski definition) is 13. The van der Waals surface area contributed by atoms with Crippen molar-refractivity contribution in [3.63, 3.8) is 0 Å². The molecule has 2 saturated heterocycles. The van der Waals surface area contributed by atoms with E-state index in [1.54, 1.807) is 42.5 Å². The van der Waals surface area contributed by atoms with Gasteiger partial charge in [-0.1, -0.05) is 18.9 Å². The normalized spacial score (nSPS) is 20.1. The third kappa shape index (κ3) is 8.12. The predicted molar refractivity (Wildman–Crippen MR) is 230 cm³/mol. The summed E-state index contributed by atoms with van der Waals surface area (Å²) in [6.07, 6.45) is 5.38. The predicted octanol–water partition coefficient (Wildman–Crippen LogP) is 5.43. The summed E-state index contributed by atoms with van der Waals surface area (Å²) in [5.74, 6) is -8.23. The zero-order valence-corrected chi connectivity index (χ0v) is 35.4. The number of ether oxygens (including phenoxy) is 2. The van der Waals surface area contributed by atoms with Crippen LogP contribution in [0.25, 0.3) is 0 Å². The molecule has 9 rings (SSSR count). The van der Waals surface area contributed by atoms with Crippen LogP contribution in [-0.2, 0) is 14.4 Å². The van der Waals surface area contributed by atoms with Crippen LogP contribution in [0.1, 0.15) is 82.4 Å². The Balaban J connectivity index is 0.824. The van der Waals surface area contributed by atoms with E-state index in [0.717, 1.165) is 28.7 Å². The van der Waals surface area contributed by atoms with Crippen molar-refractivity contribution in [2.24, 2.45) is 0 Å². The van der Waals surface area contributed by atoms with Crippen LogP contribution >= 0.6 is 0 Å². The first-order valence-electron chi connectivity index (χ1n) is 21.3. The van der Waals surface area contributed by atoms with Crippen LogP contribution in [0.5, 0.6) is 11.5 Å². The first-order valence-corrected chi connectivity index (χ1v) is 21.3. The minimum atomic E-state index is -3.65. The molecule has 3 aromatic carbocycles. The van der Waals surface area contributed by atoms with Gasteiger partial charge in [-0.3, -0.25) is 39.0 Å². The first kappa shape index (κ1) is 43.0. The SMILES string of the molecule is COc1cc(C(=O)Nc2ccc(OC3CCN(c4cccc5c4C(=O)N(C4CCC(=O)NC4=O)C5=O)CC3)cc2)c(F)cc1Nc1ncc2c(n1)N(C1CCCC1)CC(F)(F)C(=O)N2C. The lowest BCUT2D eigenvalue weighted by molar-refractivity contribution is -0.140. The van der Waals surface area contributed by atoms with Gasteiger partial charge in [-0.2, -0.15) is 13.8 Å². The number of carbonyl (C=O) groups is 6. The van der Waals surface area contributed by atoms with Crippen LogP contribution in [0.4, 0.5) is 47.7 Å². The number of imide groups is 2. The number of piperidine rings is 2. The molecule has 6 amide bonds. The van der Waals surface area contributed by atoms with E-state index in [1.165, 1.54) is 31.3 Å². The number of alkyl halides is 2. The number of rotatable bonds is 10. The maximum Gasteiger partial charge on any atom is 0.342 e. The van der Waals surface area contributed by atoms with Gasteiger partial charge in [-0.15, -0.1) is 0 Å². The van der Waals surface area contributed by atoms with Crippen molar-refractivity contribution >= 4 is 70.0 Å². The number of anilines is 6. The Bertz CT molecular complexity index is 2620. The van der Waals surface area contributed by atoms with Crippen molar-refractivity contribution < 1.29 is 51.4 Å². The second-order valence-corrected chi connectivity index (χ2v) is 16.6. The highest BCUT2D eigenvalue weighted by Gasteiger charge is 2.49. The van der Waals surface area contributed by atoms with Gasteiger partial charge in [0.05, 0.1) is 47.9 Å². The van der Waals surface area contributed by atoms with E-state index in [1.807, 2.05) is 4.90 Å². The summed E-state index contributed by atoms with van der Waals surface area (Å²) < 4.78 is 57.5. The molecule has 0 radical (unpaired) electrons. The highest BCUT2D eigenvalue weighted by molar-refractivity contribution is 6.25. The van der Waals surface area contributed by atoms with E-state index in [2.05, 4.69) is 25.9 Å². The summed E-state index contributed by atoms with van der Waals surface area (Å²) in [5, 5.41) is 7.78. The Kier molecular flexibility index (Phi) is 11.3. The molecule has 338 valence electrons. The molecule has 1 saturated carbocycles. The molecule has 3 N–H and O–H groups in total. The van der Waals surface area contributed by atoms with Crippen LogP contribution in [0.2, 0.25) is 0 Å². The standard InChI is InChI=1S/C45H44F3N9O8/c1-54-34-22-49-44(53-38(34)56(25-6-3-4-7-25)23-45(47,48)43(54)63)51-31-21-30(46)29(20-35(31)64-2)39(59)50-24-10-12-26(13-11-24)65-27-16-18-55(19-17-27)32-9-5-8-28-37(32)42(62)57(41(28)61)33-14-15-36(58)52-40(33)60/h5,8-13,20-22,25,27,33H,3-4,6-7,14-19,23H2,1-2H3,(H,50,59)(H,49,51,53)(H,52,58,60). The highest BCUT2D eigenvalue weighted by Crippen LogP contribution is 2.41. The highest BCUT2D eigenvalue weighted by atomic mass is 19.3. The van der Waals surface area contributed by atoms with E-state index in [0.29, 0.717) is 55.9 Å². The topological polar surface area (TPSA) is 196 Å². The molecule has 3 fully saturated rings. The Morgan fingerprint density at radius 3 is 2.37 bits per heavy atom. The largest absolute Gasteiger partial charge is 0.495 e. The number of halogens is 3. The van der Waals surface area contributed by atoms with Gasteiger partial charge in [0, 0.05) is 57.2 Å². The number of benzene rings is 3. The molecular formula is C45H44F3N9O8. The van der Waals surface area contributed by atoms with E-state index in [4.69, 9.17) is 9.47 Å². The van der Waals surface area contributed by atoms with Gasteiger partial charge in [-0.25, -0.2) is 9.37 Å². The molecule has 17 nitrogen and oxygen atoms in total. The summed E-state index contributed by atoms with van der Waals surface area (Å²) in [7, 11) is 2.58. The fraction of sp³-hybridized carbons (Fsp3) is 0.378. The molecule has 65 heavy (non-hydrogen) atoms. The maximum absolute atomic E-state index is 15.7. The van der Waals surface area contributed by atoms with Gasteiger partial charge in [0.15, 0.2) is 5.82 Å². The Morgan fingerprint density at radius 1 is 0.923 bits per heavy atom. The molecule has 20 heteroatoms. The second-order valence-electron chi connectivity index (χ2n) is 16.6. The van der Waals surface area contributed by atoms with Gasteiger partial charge >= 0.3 is 5.92 Å². The number of amides is 6. The van der Waals surface area contributed by atoms with Crippen molar-refractivity contribution in [1.82, 2.24) is 20.2 Å². The number of nitrogens with zero attached hydrogens (tertiary/aromatic N) is 6. The number of aromatic nitrogens is 2. The van der Waals surface area contributed by atoms with Gasteiger partial charge in [0.2, 0.25) is 17.8 Å². The number of fused-ring (bicyclic) bond motifs is 2. The molecule has 4 aliphatic heterocycles. The molecule has 0 spiro atoms. The zero-order valence-electron chi connectivity index (χ0n) is 35.4. The molecule has 1 aromatic heterocycles. The van der Waals surface area contributed by atoms with Gasteiger partial charge in [0.1, 0.15) is 35.1 Å². The minimum Gasteiger partial charge on any atom is -0.495 e. The maximum atomic E-state index is 15.7. The van der Waals surface area contributed by atoms with E-state index in [-0.39, 0.29) is 70.6 Å². The van der Waals surface area contributed by atoms with Crippen molar-refractivity contribution in [3.05, 3.63) is 83.3 Å². The van der Waals surface area contributed by atoms with Crippen molar-refractivity contribution in [2.75, 3.05) is 59.1 Å². The Hall–Kier alpha value is -7.25. The Labute approximate surface area is 370 Å². The summed E-state index contributed by atoms with van der Waals surface area (Å²) in [6.45, 7) is 0.185. The van der Waals surface area contributed by atoms with Crippen molar-refractivity contribution in [1.29, 1.82) is 0 Å². The molecular weight excluding hydrogens is 852 g/mol. The van der Waals surface area contributed by atoms with Crippen LogP contribution in [0.3, 0.4) is 0 Å². The first-order chi connectivity index (χ1) is 31.2. The summed E-state index contributed by atoms with van der Waals surface area (Å²) in [6, 6.07) is 12.6. The smallest absolute Gasteiger partial charge is 0.342 e. The Morgan fingerprint density at radius 2 is 1.66 bits per heavy atom. The third-order valence-electron chi connectivity index (χ3n) is 12.6. The average Bonchev–Trinajstić information content (AvgIpc) is 3.91. The lowest BCUT2D eigenvalue weighted by Crippen LogP contribution is -2.54. The fourth-order valence-electron chi connectivity index (χ4n) is 9.20. The molecule has 4 aromatic rings. The van der Waals surface area contributed by atoms with Gasteiger partial charge in [-0.05, 0) is 61.7 Å². The average molecular weight is 896 g/mol. The van der Waals surface area contributed by atoms with Crippen LogP contribution in [0.15, 0.2) is 60.8 Å². The minimum absolute atomic E-state index is 0.0307. The molecule has 5 heterocycles. The van der Waals surface area contributed by atoms with Crippen molar-refractivity contribution in [3.8, 4) is 11.5 Å². The van der Waals surface area contributed by atoms with E-state index >= 15 is 13.2 Å². The lowest BCUT2D eigenvalue weighted by atomic mass is 10.0. The monoisotopic (exact) mass is 895 g/mol. The quantitative estimate of drug-likeness (QED) is 0.171. The second kappa shape index (κ2) is 17.0. The molecule has 0 bridgehead atoms. The molecule has 1 aliphatic carbocycles. The lowest BCUT2D eigenvalue weighted by Gasteiger charge is -2.34. The van der Waals surface area contributed by atoms with Crippen LogP contribution < -0.4 is 40.1 Å². The molecule has 1 atom stereocenters. The van der Waals surface area contributed by atoms with Crippen molar-refractivity contribution in [2.45, 2.75) is 75.5 Å². The summed E-state index contributed by atoms with van der Waals surface area (Å²) in [4.78, 5) is 91.2. The van der Waals surface area contributed by atoms with Crippen LogP contribution in [0, 0.1) is 5.82 Å². The number of methoxy groups -OCH3 is 1. The van der Waals surface area contributed by atoms with Gasteiger partial charge in [0.25, 0.3) is 23.6 Å². The van der Waals surface area contributed by atoms with Gasteiger partial charge < -0.3 is 34.8 Å². The third-order valence-corrected chi connectivity index (χ3v) is 12.6. The number of hydrogen-bond donors (Lipinski definition) is 3. The summed E-state index contributed by atoms with van der Waals surface area (Å²) in [5.41, 5.74) is 1.26.